The number of nitrogen functional groups attached to an aromatic ring is 1. The molecule has 21 heavy (non-hydrogen) atoms. The number of aliphatic hydroxyl groups is 1. The maximum absolute atomic E-state index is 12.2. The first-order chi connectivity index (χ1) is 10.1. The number of nitrogens with two attached hydrogens (primary N) is 1. The lowest BCUT2D eigenvalue weighted by Gasteiger charge is -2.26. The molecule has 1 saturated carbocycles. The van der Waals surface area contributed by atoms with Crippen LogP contribution in [-0.4, -0.2) is 35.7 Å². The Morgan fingerprint density at radius 3 is 2.81 bits per heavy atom. The quantitative estimate of drug-likeness (QED) is 0.615. The molecule has 118 valence electrons. The Hall–Kier alpha value is -1.34. The van der Waals surface area contributed by atoms with Gasteiger partial charge in [-0.1, -0.05) is 31.1 Å². The van der Waals surface area contributed by atoms with E-state index in [9.17, 15) is 9.90 Å². The number of hydrogen-bond acceptors (Lipinski definition) is 6. The molecule has 0 atom stereocenters. The molecule has 1 aromatic rings. The molecule has 0 spiro atoms. The summed E-state index contributed by atoms with van der Waals surface area (Å²) in [7, 11) is 0. The van der Waals surface area contributed by atoms with Crippen molar-refractivity contribution in [2.75, 3.05) is 30.7 Å². The zero-order chi connectivity index (χ0) is 15.3. The second kappa shape index (κ2) is 7.09. The van der Waals surface area contributed by atoms with Crippen molar-refractivity contribution < 1.29 is 9.90 Å². The van der Waals surface area contributed by atoms with Gasteiger partial charge in [-0.05, 0) is 19.3 Å². The van der Waals surface area contributed by atoms with Crippen LogP contribution in [0.5, 0.6) is 0 Å². The second-order valence-corrected chi connectivity index (χ2v) is 6.71. The predicted octanol–water partition coefficient (Wildman–Crippen LogP) is 1.83. The molecule has 1 amide bonds. The van der Waals surface area contributed by atoms with E-state index in [-0.39, 0.29) is 23.7 Å². The van der Waals surface area contributed by atoms with Crippen LogP contribution in [0.15, 0.2) is 0 Å². The lowest BCUT2D eigenvalue weighted by atomic mass is 9.87. The van der Waals surface area contributed by atoms with Crippen molar-refractivity contribution in [3.05, 3.63) is 4.88 Å². The number of nitrogens with zero attached hydrogens (tertiary/aromatic N) is 1. The average molecular weight is 312 g/mol. The molecule has 0 bridgehead atoms. The van der Waals surface area contributed by atoms with Gasteiger partial charge < -0.3 is 21.5 Å². The van der Waals surface area contributed by atoms with Crippen molar-refractivity contribution >= 4 is 28.2 Å². The lowest BCUT2D eigenvalue weighted by Crippen LogP contribution is -2.38. The Morgan fingerprint density at radius 1 is 1.48 bits per heavy atom. The maximum Gasteiger partial charge on any atom is 0.265 e. The van der Waals surface area contributed by atoms with Gasteiger partial charge in [0.1, 0.15) is 10.7 Å². The molecule has 6 nitrogen and oxygen atoms in total. The first-order valence-corrected chi connectivity index (χ1v) is 8.31. The molecule has 1 aromatic heterocycles. The van der Waals surface area contributed by atoms with Gasteiger partial charge in [-0.15, -0.1) is 0 Å². The molecule has 0 aliphatic heterocycles. The van der Waals surface area contributed by atoms with E-state index < -0.39 is 0 Å². The number of hydrogen-bond donors (Lipinski definition) is 4. The third-order valence-corrected chi connectivity index (χ3v) is 5.04. The number of nitrogens with one attached hydrogen (secondary N) is 2. The van der Waals surface area contributed by atoms with Crippen molar-refractivity contribution in [3.63, 3.8) is 0 Å². The Balaban J connectivity index is 1.95. The number of carbonyl (C=O) groups is 1. The zero-order valence-corrected chi connectivity index (χ0v) is 13.3. The second-order valence-electron chi connectivity index (χ2n) is 5.71. The summed E-state index contributed by atoms with van der Waals surface area (Å²) in [5.41, 5.74) is 5.66. The van der Waals surface area contributed by atoms with Crippen LogP contribution in [0, 0.1) is 5.41 Å². The minimum Gasteiger partial charge on any atom is -0.396 e. The molecule has 1 aliphatic carbocycles. The number of amides is 1. The minimum absolute atomic E-state index is 0.120. The van der Waals surface area contributed by atoms with E-state index in [1.54, 1.807) is 0 Å². The van der Waals surface area contributed by atoms with E-state index in [1.807, 2.05) is 0 Å². The van der Waals surface area contributed by atoms with E-state index >= 15 is 0 Å². The summed E-state index contributed by atoms with van der Waals surface area (Å²) in [4.78, 5) is 16.8. The number of anilines is 2. The molecule has 7 heteroatoms. The topological polar surface area (TPSA) is 100 Å². The van der Waals surface area contributed by atoms with Gasteiger partial charge in [0.05, 0.1) is 6.61 Å². The standard InChI is InChI=1S/C14H24N4O2S/c1-2-7-16-13-18-11(15)10(21-13)12(20)17-8-14(9-19)5-3-4-6-14/h19H,2-9,15H2,1H3,(H,16,18)(H,17,20). The average Bonchev–Trinajstić information content (AvgIpc) is 3.10. The van der Waals surface area contributed by atoms with E-state index in [1.165, 1.54) is 11.3 Å². The molecule has 0 saturated heterocycles. The van der Waals surface area contributed by atoms with Crippen LogP contribution in [0.4, 0.5) is 10.9 Å². The van der Waals surface area contributed by atoms with Crippen LogP contribution >= 0.6 is 11.3 Å². The summed E-state index contributed by atoms with van der Waals surface area (Å²) >= 11 is 1.27. The number of carbonyl (C=O) groups excluding carboxylic acids is 1. The first kappa shape index (κ1) is 16.0. The molecule has 1 fully saturated rings. The van der Waals surface area contributed by atoms with Crippen LogP contribution in [0.25, 0.3) is 0 Å². The Morgan fingerprint density at radius 2 is 2.19 bits per heavy atom. The van der Waals surface area contributed by atoms with Crippen LogP contribution in [0.3, 0.4) is 0 Å². The van der Waals surface area contributed by atoms with Crippen molar-refractivity contribution in [2.45, 2.75) is 39.0 Å². The molecule has 1 aliphatic rings. The highest BCUT2D eigenvalue weighted by molar-refractivity contribution is 7.18. The van der Waals surface area contributed by atoms with Crippen LogP contribution < -0.4 is 16.4 Å². The monoisotopic (exact) mass is 312 g/mol. The summed E-state index contributed by atoms with van der Waals surface area (Å²) in [6.07, 6.45) is 5.14. The van der Waals surface area contributed by atoms with Gasteiger partial charge in [0.15, 0.2) is 5.13 Å². The molecule has 1 heterocycles. The fourth-order valence-electron chi connectivity index (χ4n) is 2.67. The van der Waals surface area contributed by atoms with Crippen LogP contribution in [0.1, 0.15) is 48.7 Å². The highest BCUT2D eigenvalue weighted by Crippen LogP contribution is 2.37. The van der Waals surface area contributed by atoms with Gasteiger partial charge in [-0.25, -0.2) is 4.98 Å². The summed E-state index contributed by atoms with van der Waals surface area (Å²) in [5.74, 6) is 0.0647. The molecule has 0 radical (unpaired) electrons. The molecule has 0 aromatic carbocycles. The molecule has 2 rings (SSSR count). The minimum atomic E-state index is -0.200. The summed E-state index contributed by atoms with van der Waals surface area (Å²) in [5, 5.41) is 16.3. The lowest BCUT2D eigenvalue weighted by molar-refractivity contribution is 0.0885. The number of aromatic nitrogens is 1. The van der Waals surface area contributed by atoms with E-state index in [0.29, 0.717) is 16.6 Å². The molecular formula is C14H24N4O2S. The smallest absolute Gasteiger partial charge is 0.265 e. The van der Waals surface area contributed by atoms with Crippen molar-refractivity contribution in [3.8, 4) is 0 Å². The number of aliphatic hydroxyl groups excluding tert-OH is 1. The zero-order valence-electron chi connectivity index (χ0n) is 12.4. The van der Waals surface area contributed by atoms with Crippen molar-refractivity contribution in [1.29, 1.82) is 0 Å². The fourth-order valence-corrected chi connectivity index (χ4v) is 3.49. The number of rotatable bonds is 7. The largest absolute Gasteiger partial charge is 0.396 e. The fraction of sp³-hybridized carbons (Fsp3) is 0.714. The first-order valence-electron chi connectivity index (χ1n) is 7.49. The van der Waals surface area contributed by atoms with Crippen molar-refractivity contribution in [1.82, 2.24) is 10.3 Å². The Labute approximate surface area is 129 Å². The highest BCUT2D eigenvalue weighted by atomic mass is 32.1. The summed E-state index contributed by atoms with van der Waals surface area (Å²) in [6.45, 7) is 3.49. The van der Waals surface area contributed by atoms with Gasteiger partial charge in [0, 0.05) is 18.5 Å². The van der Waals surface area contributed by atoms with Crippen LogP contribution in [-0.2, 0) is 0 Å². The third-order valence-electron chi connectivity index (χ3n) is 4.01. The summed E-state index contributed by atoms with van der Waals surface area (Å²) < 4.78 is 0. The molecule has 0 unspecified atom stereocenters. The van der Waals surface area contributed by atoms with E-state index in [0.717, 1.165) is 38.6 Å². The van der Waals surface area contributed by atoms with Gasteiger partial charge in [0.25, 0.3) is 5.91 Å². The SMILES string of the molecule is CCCNc1nc(N)c(C(=O)NCC2(CO)CCCC2)s1. The van der Waals surface area contributed by atoms with Gasteiger partial charge in [0.2, 0.25) is 0 Å². The Bertz CT molecular complexity index is 483. The highest BCUT2D eigenvalue weighted by Gasteiger charge is 2.33. The van der Waals surface area contributed by atoms with E-state index in [2.05, 4.69) is 22.5 Å². The third kappa shape index (κ3) is 3.85. The molecule has 5 N–H and O–H groups in total. The van der Waals surface area contributed by atoms with Gasteiger partial charge in [-0.2, -0.15) is 0 Å². The summed E-state index contributed by atoms with van der Waals surface area (Å²) in [6, 6.07) is 0. The maximum atomic E-state index is 12.2. The molecular weight excluding hydrogens is 288 g/mol. The Kier molecular flexibility index (Phi) is 5.41. The number of thiazole rings is 1. The predicted molar refractivity (Wildman–Crippen MR) is 85.6 cm³/mol. The van der Waals surface area contributed by atoms with Crippen LogP contribution in [0.2, 0.25) is 0 Å². The van der Waals surface area contributed by atoms with E-state index in [4.69, 9.17) is 5.73 Å². The van der Waals surface area contributed by atoms with Gasteiger partial charge >= 0.3 is 0 Å². The normalized spacial score (nSPS) is 16.9. The van der Waals surface area contributed by atoms with Crippen molar-refractivity contribution in [2.24, 2.45) is 5.41 Å². The van der Waals surface area contributed by atoms with Gasteiger partial charge in [-0.3, -0.25) is 4.79 Å².